The van der Waals surface area contributed by atoms with Crippen LogP contribution in [0.3, 0.4) is 0 Å². The number of carbonyl (C=O) groups is 1. The highest BCUT2D eigenvalue weighted by molar-refractivity contribution is 5.84. The van der Waals surface area contributed by atoms with E-state index in [1.54, 1.807) is 0 Å². The fourth-order valence-electron chi connectivity index (χ4n) is 2.78. The number of nitrogens with two attached hydrogens (primary N) is 1. The van der Waals surface area contributed by atoms with Crippen molar-refractivity contribution in [3.63, 3.8) is 0 Å². The molecule has 1 rings (SSSR count). The number of primary amides is 1. The van der Waals surface area contributed by atoms with Crippen LogP contribution in [0.5, 0.6) is 0 Å². The fraction of sp³-hybridized carbons (Fsp3) is 0.938. The van der Waals surface area contributed by atoms with Gasteiger partial charge >= 0.3 is 0 Å². The molecule has 1 amide bonds. The van der Waals surface area contributed by atoms with Crippen molar-refractivity contribution in [3.8, 4) is 0 Å². The van der Waals surface area contributed by atoms with E-state index in [1.807, 2.05) is 13.8 Å². The molecular formula is C16H33N3O. The first-order chi connectivity index (χ1) is 9.51. The zero-order chi connectivity index (χ0) is 15.0. The van der Waals surface area contributed by atoms with E-state index < -0.39 is 5.54 Å². The third-order valence-electron chi connectivity index (χ3n) is 4.27. The number of nitrogens with one attached hydrogen (secondary N) is 1. The van der Waals surface area contributed by atoms with Crippen molar-refractivity contribution in [1.29, 1.82) is 0 Å². The molecule has 3 N–H and O–H groups in total. The van der Waals surface area contributed by atoms with Gasteiger partial charge in [0.05, 0.1) is 5.54 Å². The van der Waals surface area contributed by atoms with Crippen molar-refractivity contribution >= 4 is 5.91 Å². The summed E-state index contributed by atoms with van der Waals surface area (Å²) in [5.74, 6) is 0.724. The van der Waals surface area contributed by atoms with Crippen molar-refractivity contribution in [3.05, 3.63) is 0 Å². The van der Waals surface area contributed by atoms with Crippen LogP contribution in [0.4, 0.5) is 0 Å². The molecule has 4 nitrogen and oxygen atoms in total. The summed E-state index contributed by atoms with van der Waals surface area (Å²) in [4.78, 5) is 14.1. The third-order valence-corrected chi connectivity index (χ3v) is 4.27. The molecule has 0 aromatic carbocycles. The number of hydrogen-bond donors (Lipinski definition) is 2. The van der Waals surface area contributed by atoms with Crippen LogP contribution in [0, 0.1) is 5.92 Å². The highest BCUT2D eigenvalue weighted by Gasteiger charge is 2.29. The van der Waals surface area contributed by atoms with Gasteiger partial charge in [0.15, 0.2) is 0 Å². The van der Waals surface area contributed by atoms with Gasteiger partial charge < -0.3 is 16.0 Å². The molecule has 0 radical (unpaired) electrons. The summed E-state index contributed by atoms with van der Waals surface area (Å²) in [6, 6.07) is 0. The maximum absolute atomic E-state index is 11.5. The van der Waals surface area contributed by atoms with Crippen LogP contribution in [0.2, 0.25) is 0 Å². The zero-order valence-electron chi connectivity index (χ0n) is 13.6. The molecule has 1 aliphatic rings. The lowest BCUT2D eigenvalue weighted by molar-refractivity contribution is -0.124. The van der Waals surface area contributed by atoms with E-state index >= 15 is 0 Å². The molecule has 20 heavy (non-hydrogen) atoms. The van der Waals surface area contributed by atoms with Crippen LogP contribution in [0.15, 0.2) is 0 Å². The maximum atomic E-state index is 11.5. The van der Waals surface area contributed by atoms with Crippen molar-refractivity contribution < 1.29 is 4.79 Å². The molecule has 4 heteroatoms. The molecule has 0 aliphatic heterocycles. The van der Waals surface area contributed by atoms with E-state index in [0.717, 1.165) is 38.3 Å². The molecule has 0 saturated heterocycles. The van der Waals surface area contributed by atoms with E-state index in [1.165, 1.54) is 32.4 Å². The molecule has 1 atom stereocenters. The second kappa shape index (κ2) is 8.63. The number of carbonyl (C=O) groups excluding carboxylic acids is 1. The van der Waals surface area contributed by atoms with Crippen molar-refractivity contribution in [2.75, 3.05) is 26.2 Å². The predicted molar refractivity (Wildman–Crippen MR) is 84.6 cm³/mol. The summed E-state index contributed by atoms with van der Waals surface area (Å²) in [6.45, 7) is 10.6. The van der Waals surface area contributed by atoms with Gasteiger partial charge in [0, 0.05) is 6.54 Å². The highest BCUT2D eigenvalue weighted by atomic mass is 16.1. The van der Waals surface area contributed by atoms with Gasteiger partial charge in [-0.3, -0.25) is 4.79 Å². The van der Waals surface area contributed by atoms with E-state index in [0.29, 0.717) is 0 Å². The first-order valence-corrected chi connectivity index (χ1v) is 8.29. The Labute approximate surface area is 124 Å². The van der Waals surface area contributed by atoms with Gasteiger partial charge in [-0.15, -0.1) is 0 Å². The highest BCUT2D eigenvalue weighted by Crippen LogP contribution is 2.29. The molecule has 118 valence electrons. The predicted octanol–water partition coefficient (Wildman–Crippen LogP) is 2.13. The van der Waals surface area contributed by atoms with Crippen molar-refractivity contribution in [2.45, 2.75) is 64.8 Å². The molecule has 0 aromatic rings. The number of likely N-dealkylation sites (N-methyl/N-ethyl adjacent to an activating group) is 1. The lowest BCUT2D eigenvalue weighted by atomic mass is 9.94. The molecular weight excluding hydrogens is 250 g/mol. The molecule has 1 fully saturated rings. The van der Waals surface area contributed by atoms with Gasteiger partial charge in [-0.1, -0.05) is 13.8 Å². The van der Waals surface area contributed by atoms with Crippen LogP contribution >= 0.6 is 0 Å². The van der Waals surface area contributed by atoms with Gasteiger partial charge in [-0.25, -0.2) is 0 Å². The standard InChI is InChI=1S/C16H33N3O/c1-4-11-19(13-14-8-9-14)12-7-6-10-16(3,15(17)20)18-5-2/h14,18H,4-13H2,1-3H3,(H2,17,20). The maximum Gasteiger partial charge on any atom is 0.237 e. The summed E-state index contributed by atoms with van der Waals surface area (Å²) in [7, 11) is 0. The molecule has 0 aromatic heterocycles. The molecule has 0 bridgehead atoms. The summed E-state index contributed by atoms with van der Waals surface area (Å²) in [5, 5.41) is 3.23. The fourth-order valence-corrected chi connectivity index (χ4v) is 2.78. The summed E-state index contributed by atoms with van der Waals surface area (Å²) >= 11 is 0. The van der Waals surface area contributed by atoms with Gasteiger partial charge in [-0.2, -0.15) is 0 Å². The average molecular weight is 283 g/mol. The van der Waals surface area contributed by atoms with Gasteiger partial charge in [0.2, 0.25) is 5.91 Å². The van der Waals surface area contributed by atoms with E-state index in [2.05, 4.69) is 17.1 Å². The number of nitrogens with zero attached hydrogens (tertiary/aromatic N) is 1. The van der Waals surface area contributed by atoms with E-state index in [-0.39, 0.29) is 5.91 Å². The van der Waals surface area contributed by atoms with Crippen LogP contribution in [0.1, 0.15) is 59.3 Å². The topological polar surface area (TPSA) is 58.4 Å². The van der Waals surface area contributed by atoms with E-state index in [9.17, 15) is 4.79 Å². The molecule has 1 unspecified atom stereocenters. The van der Waals surface area contributed by atoms with Gasteiger partial charge in [0.25, 0.3) is 0 Å². The second-order valence-electron chi connectivity index (χ2n) is 6.43. The van der Waals surface area contributed by atoms with E-state index in [4.69, 9.17) is 5.73 Å². The third kappa shape index (κ3) is 6.23. The Hall–Kier alpha value is -0.610. The minimum atomic E-state index is -0.541. The second-order valence-corrected chi connectivity index (χ2v) is 6.43. The summed E-state index contributed by atoms with van der Waals surface area (Å²) in [6.07, 6.45) is 7.10. The van der Waals surface area contributed by atoms with Crippen LogP contribution in [-0.4, -0.2) is 42.5 Å². The first-order valence-electron chi connectivity index (χ1n) is 8.29. The number of hydrogen-bond acceptors (Lipinski definition) is 3. The number of unbranched alkanes of at least 4 members (excludes halogenated alkanes) is 1. The Morgan fingerprint density at radius 2 is 2.00 bits per heavy atom. The Morgan fingerprint density at radius 3 is 2.50 bits per heavy atom. The number of amides is 1. The minimum Gasteiger partial charge on any atom is -0.368 e. The molecule has 0 spiro atoms. The SMILES string of the molecule is CCCN(CCCCC(C)(NCC)C(N)=O)CC1CC1. The van der Waals surface area contributed by atoms with Crippen LogP contribution < -0.4 is 11.1 Å². The Balaban J connectivity index is 2.24. The summed E-state index contributed by atoms with van der Waals surface area (Å²) < 4.78 is 0. The smallest absolute Gasteiger partial charge is 0.237 e. The van der Waals surface area contributed by atoms with Crippen molar-refractivity contribution in [1.82, 2.24) is 10.2 Å². The largest absolute Gasteiger partial charge is 0.368 e. The normalized spacial score (nSPS) is 18.2. The molecule has 1 aliphatic carbocycles. The van der Waals surface area contributed by atoms with Gasteiger partial charge in [0.1, 0.15) is 0 Å². The Kier molecular flexibility index (Phi) is 7.52. The summed E-state index contributed by atoms with van der Waals surface area (Å²) in [5.41, 5.74) is 4.97. The number of rotatable bonds is 12. The Morgan fingerprint density at radius 1 is 1.30 bits per heavy atom. The monoisotopic (exact) mass is 283 g/mol. The molecule has 0 heterocycles. The van der Waals surface area contributed by atoms with Crippen LogP contribution in [-0.2, 0) is 4.79 Å². The zero-order valence-corrected chi connectivity index (χ0v) is 13.6. The lowest BCUT2D eigenvalue weighted by Crippen LogP contribution is -2.53. The Bertz CT molecular complexity index is 291. The van der Waals surface area contributed by atoms with Crippen LogP contribution in [0.25, 0.3) is 0 Å². The van der Waals surface area contributed by atoms with Crippen molar-refractivity contribution in [2.24, 2.45) is 11.7 Å². The minimum absolute atomic E-state index is 0.234. The molecule has 1 saturated carbocycles. The first kappa shape index (κ1) is 17.4. The lowest BCUT2D eigenvalue weighted by Gasteiger charge is -2.27. The quantitative estimate of drug-likeness (QED) is 0.539. The van der Waals surface area contributed by atoms with Gasteiger partial charge in [-0.05, 0) is 71.0 Å². The average Bonchev–Trinajstić information content (AvgIpc) is 3.19.